The van der Waals surface area contributed by atoms with Gasteiger partial charge < -0.3 is 28.4 Å². The smallest absolute Gasteiger partial charge is 0.255 e. The van der Waals surface area contributed by atoms with Crippen LogP contribution in [0.4, 0.5) is 5.82 Å². The van der Waals surface area contributed by atoms with Crippen molar-refractivity contribution < 1.29 is 33.0 Å². The van der Waals surface area contributed by atoms with Gasteiger partial charge in [0.15, 0.2) is 5.58 Å². The molecule has 2 aromatic carbocycles. The van der Waals surface area contributed by atoms with Crippen molar-refractivity contribution in [2.24, 2.45) is 0 Å². The third-order valence-corrected chi connectivity index (χ3v) is 8.36. The Morgan fingerprint density at radius 1 is 0.878 bits per heavy atom. The fraction of sp³-hybridized carbons (Fsp3) is 0.278. The Morgan fingerprint density at radius 2 is 1.63 bits per heavy atom. The number of piperidine rings is 1. The fourth-order valence-electron chi connectivity index (χ4n) is 5.79. The van der Waals surface area contributed by atoms with E-state index in [2.05, 4.69) is 20.3 Å². The van der Waals surface area contributed by atoms with Crippen LogP contribution in [0.3, 0.4) is 0 Å². The third-order valence-electron chi connectivity index (χ3n) is 8.36. The van der Waals surface area contributed by atoms with Crippen LogP contribution in [-0.2, 0) is 20.9 Å². The fourth-order valence-corrected chi connectivity index (χ4v) is 5.79. The SMILES string of the molecule is CN(C)c1ccc(-c2ccc(-c3nc4ccc(OCCOCCOc5ccc6c(c5)CN(C5CCC(=O)NC5=O)C6=O)cc4o3)cn2)cn1. The number of imide groups is 1. The van der Waals surface area contributed by atoms with E-state index < -0.39 is 11.9 Å². The van der Waals surface area contributed by atoms with Crippen LogP contribution in [0.15, 0.2) is 77.5 Å². The maximum Gasteiger partial charge on any atom is 0.255 e. The molecular weight excluding hydrogens is 628 g/mol. The molecule has 250 valence electrons. The molecule has 0 radical (unpaired) electrons. The summed E-state index contributed by atoms with van der Waals surface area (Å²) in [6, 6.07) is 17.9. The van der Waals surface area contributed by atoms with Gasteiger partial charge >= 0.3 is 0 Å². The number of ether oxygens (including phenoxy) is 3. The number of rotatable bonds is 12. The van der Waals surface area contributed by atoms with E-state index in [1.807, 2.05) is 61.5 Å². The molecule has 13 heteroatoms. The first-order valence-corrected chi connectivity index (χ1v) is 15.9. The second-order valence-corrected chi connectivity index (χ2v) is 11.9. The van der Waals surface area contributed by atoms with Gasteiger partial charge in [-0.15, -0.1) is 0 Å². The molecule has 1 N–H and O–H groups in total. The zero-order chi connectivity index (χ0) is 33.9. The Balaban J connectivity index is 0.852. The topological polar surface area (TPSA) is 149 Å². The van der Waals surface area contributed by atoms with Gasteiger partial charge in [0.1, 0.15) is 42.1 Å². The average molecular weight is 663 g/mol. The van der Waals surface area contributed by atoms with E-state index in [1.165, 1.54) is 4.90 Å². The summed E-state index contributed by atoms with van der Waals surface area (Å²) in [5.41, 5.74) is 5.13. The molecule has 0 spiro atoms. The number of fused-ring (bicyclic) bond motifs is 2. The molecule has 2 aliphatic rings. The standard InChI is InChI=1S/C36H34N6O7/c1-41(2)32-11-4-22(19-38-32)28-8-3-23(20-37-28)35-39-29-9-6-26(18-31(29)49-35)48-16-14-46-13-15-47-25-5-7-27-24(17-25)21-42(36(27)45)30-10-12-33(43)40-34(30)44/h3-9,11,17-20,30H,10,12-16,21H2,1-2H3,(H,40,43,44). The van der Waals surface area contributed by atoms with Crippen molar-refractivity contribution in [1.82, 2.24) is 25.2 Å². The minimum Gasteiger partial charge on any atom is -0.491 e. The lowest BCUT2D eigenvalue weighted by molar-refractivity contribution is -0.136. The lowest BCUT2D eigenvalue weighted by Crippen LogP contribution is -2.52. The number of anilines is 1. The first-order valence-electron chi connectivity index (χ1n) is 15.9. The molecule has 13 nitrogen and oxygen atoms in total. The van der Waals surface area contributed by atoms with E-state index in [4.69, 9.17) is 18.6 Å². The molecule has 0 aliphatic carbocycles. The maximum atomic E-state index is 12.9. The van der Waals surface area contributed by atoms with Gasteiger partial charge in [-0.05, 0) is 66.6 Å². The van der Waals surface area contributed by atoms with Crippen LogP contribution in [0.1, 0.15) is 28.8 Å². The summed E-state index contributed by atoms with van der Waals surface area (Å²) in [5.74, 6) is 1.63. The highest BCUT2D eigenvalue weighted by atomic mass is 16.5. The summed E-state index contributed by atoms with van der Waals surface area (Å²) in [6.07, 6.45) is 4.08. The first-order chi connectivity index (χ1) is 23.8. The van der Waals surface area contributed by atoms with Crippen LogP contribution in [0, 0.1) is 0 Å². The summed E-state index contributed by atoms with van der Waals surface area (Å²) < 4.78 is 23.4. The zero-order valence-electron chi connectivity index (χ0n) is 27.0. The number of nitrogens with zero attached hydrogens (tertiary/aromatic N) is 5. The molecular formula is C36H34N6O7. The van der Waals surface area contributed by atoms with E-state index in [0.717, 1.165) is 28.2 Å². The number of hydrogen-bond acceptors (Lipinski definition) is 11. The summed E-state index contributed by atoms with van der Waals surface area (Å²) in [5, 5.41) is 2.31. The number of hydrogen-bond donors (Lipinski definition) is 1. The van der Waals surface area contributed by atoms with Gasteiger partial charge in [0, 0.05) is 56.6 Å². The molecule has 49 heavy (non-hydrogen) atoms. The summed E-state index contributed by atoms with van der Waals surface area (Å²) in [4.78, 5) is 53.7. The third kappa shape index (κ3) is 6.92. The molecule has 5 aromatic rings. The van der Waals surface area contributed by atoms with Gasteiger partial charge in [0.2, 0.25) is 17.7 Å². The van der Waals surface area contributed by atoms with E-state index in [-0.39, 0.29) is 18.2 Å². The highest BCUT2D eigenvalue weighted by molar-refractivity contribution is 6.05. The molecule has 1 unspecified atom stereocenters. The number of amides is 3. The quantitative estimate of drug-likeness (QED) is 0.151. The number of carbonyl (C=O) groups excluding carboxylic acids is 3. The molecule has 0 saturated carbocycles. The average Bonchev–Trinajstić information content (AvgIpc) is 3.68. The lowest BCUT2D eigenvalue weighted by atomic mass is 10.0. The first kappa shape index (κ1) is 31.8. The zero-order valence-corrected chi connectivity index (χ0v) is 27.0. The van der Waals surface area contributed by atoms with Crippen molar-refractivity contribution in [3.8, 4) is 34.2 Å². The summed E-state index contributed by atoms with van der Waals surface area (Å²) >= 11 is 0. The number of nitrogens with one attached hydrogen (secondary N) is 1. The highest BCUT2D eigenvalue weighted by Crippen LogP contribution is 2.31. The van der Waals surface area contributed by atoms with Gasteiger partial charge in [0.05, 0.1) is 24.5 Å². The number of aromatic nitrogens is 3. The molecule has 1 fully saturated rings. The molecule has 0 bridgehead atoms. The second kappa shape index (κ2) is 13.7. The van der Waals surface area contributed by atoms with Gasteiger partial charge in [-0.25, -0.2) is 9.97 Å². The molecule has 3 aromatic heterocycles. The van der Waals surface area contributed by atoms with E-state index >= 15 is 0 Å². The predicted molar refractivity (Wildman–Crippen MR) is 179 cm³/mol. The van der Waals surface area contributed by atoms with Crippen molar-refractivity contribution in [3.63, 3.8) is 0 Å². The highest BCUT2D eigenvalue weighted by Gasteiger charge is 2.39. The van der Waals surface area contributed by atoms with Crippen molar-refractivity contribution in [3.05, 3.63) is 84.2 Å². The minimum absolute atomic E-state index is 0.217. The van der Waals surface area contributed by atoms with E-state index in [9.17, 15) is 14.4 Å². The van der Waals surface area contributed by atoms with Gasteiger partial charge in [0.25, 0.3) is 5.91 Å². The number of pyridine rings is 2. The molecule has 7 rings (SSSR count). The molecule has 2 aliphatic heterocycles. The van der Waals surface area contributed by atoms with Crippen molar-refractivity contribution >= 4 is 34.6 Å². The molecule has 1 atom stereocenters. The molecule has 3 amide bonds. The van der Waals surface area contributed by atoms with E-state index in [0.29, 0.717) is 73.4 Å². The Morgan fingerprint density at radius 3 is 2.35 bits per heavy atom. The van der Waals surface area contributed by atoms with Gasteiger partial charge in [-0.2, -0.15) is 0 Å². The molecule has 1 saturated heterocycles. The van der Waals surface area contributed by atoms with Crippen LogP contribution >= 0.6 is 0 Å². The monoisotopic (exact) mass is 662 g/mol. The normalized spacial score (nSPS) is 15.8. The van der Waals surface area contributed by atoms with Crippen LogP contribution in [-0.4, -0.2) is 84.1 Å². The molecule has 5 heterocycles. The van der Waals surface area contributed by atoms with Crippen LogP contribution < -0.4 is 19.7 Å². The van der Waals surface area contributed by atoms with Crippen molar-refractivity contribution in [1.29, 1.82) is 0 Å². The summed E-state index contributed by atoms with van der Waals surface area (Å²) in [6.45, 7) is 1.64. The van der Waals surface area contributed by atoms with Gasteiger partial charge in [-0.3, -0.25) is 24.7 Å². The maximum absolute atomic E-state index is 12.9. The van der Waals surface area contributed by atoms with Crippen molar-refractivity contribution in [2.45, 2.75) is 25.4 Å². The number of carbonyl (C=O) groups is 3. The van der Waals surface area contributed by atoms with Crippen LogP contribution in [0.5, 0.6) is 11.5 Å². The number of benzene rings is 2. The van der Waals surface area contributed by atoms with E-state index in [1.54, 1.807) is 30.6 Å². The second-order valence-electron chi connectivity index (χ2n) is 11.9. The summed E-state index contributed by atoms with van der Waals surface area (Å²) in [7, 11) is 3.90. The minimum atomic E-state index is -0.648. The van der Waals surface area contributed by atoms with Crippen LogP contribution in [0.2, 0.25) is 0 Å². The Labute approximate surface area is 281 Å². The largest absolute Gasteiger partial charge is 0.491 e. The lowest BCUT2D eigenvalue weighted by Gasteiger charge is -2.29. The van der Waals surface area contributed by atoms with Crippen LogP contribution in [0.25, 0.3) is 33.8 Å². The Hall–Kier alpha value is -5.82. The number of oxazole rings is 1. The van der Waals surface area contributed by atoms with Gasteiger partial charge in [-0.1, -0.05) is 0 Å². The van der Waals surface area contributed by atoms with Crippen molar-refractivity contribution in [2.75, 3.05) is 45.4 Å². The Bertz CT molecular complexity index is 2010. The predicted octanol–water partition coefficient (Wildman–Crippen LogP) is 4.25. The Kier molecular flexibility index (Phi) is 8.90.